The van der Waals surface area contributed by atoms with E-state index in [1.54, 1.807) is 0 Å². The zero-order valence-electron chi connectivity index (χ0n) is 26.4. The highest BCUT2D eigenvalue weighted by atomic mass is 16.6. The lowest BCUT2D eigenvalue weighted by Crippen LogP contribution is -2.28. The van der Waals surface area contributed by atoms with E-state index in [1.807, 2.05) is 0 Å². The lowest BCUT2D eigenvalue weighted by molar-refractivity contribution is -0.161. The molecular formula is C35H64O5. The molecule has 0 radical (unpaired) electrons. The Kier molecular flexibility index (Phi) is 30.6. The van der Waals surface area contributed by atoms with Crippen LogP contribution in [0.2, 0.25) is 0 Å². The zero-order chi connectivity index (χ0) is 29.4. The molecule has 0 saturated carbocycles. The predicted octanol–water partition coefficient (Wildman–Crippen LogP) is 9.95. The summed E-state index contributed by atoms with van der Waals surface area (Å²) in [5.74, 6) is -0.606. The number of allylic oxidation sites excluding steroid dienone is 4. The van der Waals surface area contributed by atoms with Gasteiger partial charge in [-0.25, -0.2) is 0 Å². The smallest absolute Gasteiger partial charge is 0.306 e. The van der Waals surface area contributed by atoms with Crippen LogP contribution in [0.25, 0.3) is 0 Å². The molecule has 0 aromatic carbocycles. The topological polar surface area (TPSA) is 72.8 Å². The molecule has 0 aromatic heterocycles. The van der Waals surface area contributed by atoms with E-state index in [2.05, 4.69) is 38.2 Å². The maximum Gasteiger partial charge on any atom is 0.306 e. The first-order valence-corrected chi connectivity index (χ1v) is 16.9. The average Bonchev–Trinajstić information content (AvgIpc) is 2.96. The maximum absolute atomic E-state index is 12.1. The van der Waals surface area contributed by atoms with Gasteiger partial charge >= 0.3 is 11.9 Å². The number of carbonyl (C=O) groups is 2. The van der Waals surface area contributed by atoms with Crippen LogP contribution < -0.4 is 0 Å². The van der Waals surface area contributed by atoms with Crippen molar-refractivity contribution in [3.8, 4) is 0 Å². The fourth-order valence-electron chi connectivity index (χ4n) is 4.63. The van der Waals surface area contributed by atoms with Crippen molar-refractivity contribution in [2.75, 3.05) is 13.2 Å². The van der Waals surface area contributed by atoms with Crippen LogP contribution in [0, 0.1) is 0 Å². The molecule has 0 aromatic rings. The summed E-state index contributed by atoms with van der Waals surface area (Å²) in [7, 11) is 0. The van der Waals surface area contributed by atoms with Crippen LogP contribution in [-0.4, -0.2) is 36.4 Å². The summed E-state index contributed by atoms with van der Waals surface area (Å²) in [4.78, 5) is 24.1. The standard InChI is InChI=1S/C35H64O5/c1-3-5-7-9-11-13-15-17-18-20-22-24-26-28-30-35(38)40-33(31-36)32-39-34(37)29-27-25-23-21-19-16-14-12-10-8-6-4-2/h9,11,15,17,33,36H,3-8,10,12-14,16,18-32H2,1-2H3/b11-9-,17-15-/t33-/m0/s1. The third-order valence-electron chi connectivity index (χ3n) is 7.25. The van der Waals surface area contributed by atoms with Gasteiger partial charge < -0.3 is 14.6 Å². The normalized spacial score (nSPS) is 12.4. The second-order valence-corrected chi connectivity index (χ2v) is 11.2. The summed E-state index contributed by atoms with van der Waals surface area (Å²) in [5, 5.41) is 9.49. The quantitative estimate of drug-likeness (QED) is 0.0534. The zero-order valence-corrected chi connectivity index (χ0v) is 26.4. The second-order valence-electron chi connectivity index (χ2n) is 11.2. The van der Waals surface area contributed by atoms with E-state index >= 15 is 0 Å². The molecule has 1 N–H and O–H groups in total. The Morgan fingerprint density at radius 1 is 0.575 bits per heavy atom. The Morgan fingerprint density at radius 3 is 1.55 bits per heavy atom. The molecule has 234 valence electrons. The molecule has 0 fully saturated rings. The molecule has 0 aliphatic rings. The van der Waals surface area contributed by atoms with Crippen LogP contribution >= 0.6 is 0 Å². The SMILES string of the molecule is CCCC/C=C\C/C=C\CCCCCCCC(=O)O[C@@H](CO)COC(=O)CCCCCCCCCCCCCC. The Bertz CT molecular complexity index is 613. The summed E-state index contributed by atoms with van der Waals surface area (Å²) >= 11 is 0. The number of esters is 2. The van der Waals surface area contributed by atoms with Gasteiger partial charge in [0, 0.05) is 12.8 Å². The van der Waals surface area contributed by atoms with Gasteiger partial charge in [0.05, 0.1) is 6.61 Å². The van der Waals surface area contributed by atoms with Gasteiger partial charge in [-0.3, -0.25) is 9.59 Å². The highest BCUT2D eigenvalue weighted by Crippen LogP contribution is 2.13. The minimum absolute atomic E-state index is 0.0681. The average molecular weight is 565 g/mol. The van der Waals surface area contributed by atoms with Crippen LogP contribution in [0.1, 0.15) is 168 Å². The van der Waals surface area contributed by atoms with Crippen molar-refractivity contribution in [1.82, 2.24) is 0 Å². The van der Waals surface area contributed by atoms with Crippen molar-refractivity contribution in [2.45, 2.75) is 174 Å². The summed E-state index contributed by atoms with van der Waals surface area (Å²) < 4.78 is 10.5. The highest BCUT2D eigenvalue weighted by Gasteiger charge is 2.16. The van der Waals surface area contributed by atoms with Crippen LogP contribution in [0.15, 0.2) is 24.3 Å². The largest absolute Gasteiger partial charge is 0.462 e. The molecule has 0 bridgehead atoms. The minimum atomic E-state index is -0.772. The van der Waals surface area contributed by atoms with Crippen molar-refractivity contribution >= 4 is 11.9 Å². The van der Waals surface area contributed by atoms with Crippen molar-refractivity contribution in [3.63, 3.8) is 0 Å². The molecule has 0 saturated heterocycles. The van der Waals surface area contributed by atoms with E-state index in [4.69, 9.17) is 9.47 Å². The van der Waals surface area contributed by atoms with Crippen molar-refractivity contribution in [3.05, 3.63) is 24.3 Å². The molecular weight excluding hydrogens is 500 g/mol. The van der Waals surface area contributed by atoms with Gasteiger partial charge in [-0.1, -0.05) is 141 Å². The Labute approximate surface area is 247 Å². The highest BCUT2D eigenvalue weighted by molar-refractivity contribution is 5.70. The minimum Gasteiger partial charge on any atom is -0.462 e. The van der Waals surface area contributed by atoms with Crippen molar-refractivity contribution in [1.29, 1.82) is 0 Å². The van der Waals surface area contributed by atoms with Gasteiger partial charge in [0.25, 0.3) is 0 Å². The molecule has 5 nitrogen and oxygen atoms in total. The lowest BCUT2D eigenvalue weighted by atomic mass is 10.0. The molecule has 0 unspecified atom stereocenters. The lowest BCUT2D eigenvalue weighted by Gasteiger charge is -2.15. The van der Waals surface area contributed by atoms with Crippen molar-refractivity contribution < 1.29 is 24.2 Å². The number of hydrogen-bond acceptors (Lipinski definition) is 5. The van der Waals surface area contributed by atoms with Gasteiger partial charge in [0.2, 0.25) is 0 Å². The van der Waals surface area contributed by atoms with Gasteiger partial charge in [-0.2, -0.15) is 0 Å². The van der Waals surface area contributed by atoms with Gasteiger partial charge in [0.15, 0.2) is 6.10 Å². The summed E-state index contributed by atoms with van der Waals surface area (Å²) in [6.45, 7) is 4.07. The van der Waals surface area contributed by atoms with E-state index < -0.39 is 6.10 Å². The van der Waals surface area contributed by atoms with E-state index in [-0.39, 0.29) is 25.2 Å². The van der Waals surface area contributed by atoms with Crippen LogP contribution in [-0.2, 0) is 19.1 Å². The van der Waals surface area contributed by atoms with E-state index in [9.17, 15) is 14.7 Å². The summed E-state index contributed by atoms with van der Waals surface area (Å²) in [6, 6.07) is 0. The fraction of sp³-hybridized carbons (Fsp3) is 0.829. The van der Waals surface area contributed by atoms with E-state index in [0.29, 0.717) is 12.8 Å². The molecule has 0 amide bonds. The molecule has 0 heterocycles. The third-order valence-corrected chi connectivity index (χ3v) is 7.25. The third kappa shape index (κ3) is 29.4. The Balaban J connectivity index is 3.60. The molecule has 0 rings (SSSR count). The first-order chi connectivity index (χ1) is 19.6. The van der Waals surface area contributed by atoms with Gasteiger partial charge in [-0.15, -0.1) is 0 Å². The summed E-state index contributed by atoms with van der Waals surface area (Å²) in [6.07, 6.45) is 35.1. The number of carbonyl (C=O) groups excluding carboxylic acids is 2. The molecule has 5 heteroatoms. The Morgan fingerprint density at radius 2 is 1.02 bits per heavy atom. The Hall–Kier alpha value is -1.62. The maximum atomic E-state index is 12.1. The first kappa shape index (κ1) is 38.4. The predicted molar refractivity (Wildman–Crippen MR) is 168 cm³/mol. The monoisotopic (exact) mass is 564 g/mol. The van der Waals surface area contributed by atoms with E-state index in [1.165, 1.54) is 89.9 Å². The van der Waals surface area contributed by atoms with Crippen LogP contribution in [0.3, 0.4) is 0 Å². The summed E-state index contributed by atoms with van der Waals surface area (Å²) in [5.41, 5.74) is 0. The number of aliphatic hydroxyl groups is 1. The molecule has 0 spiro atoms. The number of hydrogen-bond donors (Lipinski definition) is 1. The van der Waals surface area contributed by atoms with Crippen LogP contribution in [0.5, 0.6) is 0 Å². The number of aliphatic hydroxyl groups excluding tert-OH is 1. The fourth-order valence-corrected chi connectivity index (χ4v) is 4.63. The molecule has 0 aliphatic heterocycles. The second kappa shape index (κ2) is 31.9. The molecule has 1 atom stereocenters. The number of ether oxygens (including phenoxy) is 2. The number of rotatable bonds is 30. The van der Waals surface area contributed by atoms with Crippen LogP contribution in [0.4, 0.5) is 0 Å². The van der Waals surface area contributed by atoms with Crippen molar-refractivity contribution in [2.24, 2.45) is 0 Å². The first-order valence-electron chi connectivity index (χ1n) is 16.9. The molecule has 0 aliphatic carbocycles. The van der Waals surface area contributed by atoms with Gasteiger partial charge in [-0.05, 0) is 38.5 Å². The van der Waals surface area contributed by atoms with Gasteiger partial charge in [0.1, 0.15) is 6.61 Å². The molecule has 40 heavy (non-hydrogen) atoms. The van der Waals surface area contributed by atoms with E-state index in [0.717, 1.165) is 51.4 Å². The number of unbranched alkanes of at least 4 members (excludes halogenated alkanes) is 18.